The molecule has 1 fully saturated rings. The Morgan fingerprint density at radius 1 is 1.06 bits per heavy atom. The molecule has 3 rings (SSSR count). The molecule has 1 saturated heterocycles. The highest BCUT2D eigenvalue weighted by atomic mass is 127. The van der Waals surface area contributed by atoms with Crippen LogP contribution in [0.2, 0.25) is 5.02 Å². The Bertz CT molecular complexity index is 853. The number of anilines is 1. The summed E-state index contributed by atoms with van der Waals surface area (Å²) in [5.74, 6) is 0.720. The number of aliphatic imine (C=N–C) groups is 1. The van der Waals surface area contributed by atoms with Gasteiger partial charge in [-0.3, -0.25) is 9.69 Å². The Morgan fingerprint density at radius 3 is 2.32 bits per heavy atom. The summed E-state index contributed by atoms with van der Waals surface area (Å²) in [5, 5.41) is 16.1. The van der Waals surface area contributed by atoms with Crippen LogP contribution in [0, 0.1) is 0 Å². The number of guanidine groups is 1. The van der Waals surface area contributed by atoms with Gasteiger partial charge in [0.1, 0.15) is 12.3 Å². The minimum atomic E-state index is -0.197. The summed E-state index contributed by atoms with van der Waals surface area (Å²) < 4.78 is 0. The summed E-state index contributed by atoms with van der Waals surface area (Å²) in [6, 6.07) is 14.3. The Labute approximate surface area is 205 Å². The normalized spacial score (nSPS) is 14.6. The third-order valence-corrected chi connectivity index (χ3v) is 5.10. The molecule has 31 heavy (non-hydrogen) atoms. The van der Waals surface area contributed by atoms with Crippen molar-refractivity contribution in [2.75, 3.05) is 44.6 Å². The third-order valence-electron chi connectivity index (χ3n) is 4.85. The smallest absolute Gasteiger partial charge is 0.246 e. The number of hydrogen-bond donors (Lipinski definition) is 3. The van der Waals surface area contributed by atoms with Gasteiger partial charge in [-0.05, 0) is 48.9 Å². The average Bonchev–Trinajstić information content (AvgIpc) is 2.75. The van der Waals surface area contributed by atoms with Gasteiger partial charge in [-0.25, -0.2) is 4.99 Å². The zero-order valence-corrected chi connectivity index (χ0v) is 20.6. The molecule has 1 aliphatic heterocycles. The fraction of sp³-hybridized carbons (Fsp3) is 0.364. The van der Waals surface area contributed by atoms with E-state index in [1.807, 2.05) is 19.1 Å². The topological polar surface area (TPSA) is 80.2 Å². The summed E-state index contributed by atoms with van der Waals surface area (Å²) in [7, 11) is 0. The molecule has 1 aliphatic rings. The van der Waals surface area contributed by atoms with Crippen molar-refractivity contribution in [2.24, 2.45) is 4.99 Å². The molecule has 0 aromatic heterocycles. The maximum absolute atomic E-state index is 12.2. The van der Waals surface area contributed by atoms with Crippen LogP contribution in [0.4, 0.5) is 5.69 Å². The van der Waals surface area contributed by atoms with Crippen LogP contribution in [0.15, 0.2) is 53.5 Å². The quantitative estimate of drug-likeness (QED) is 0.220. The Kier molecular flexibility index (Phi) is 10.4. The van der Waals surface area contributed by atoms with Gasteiger partial charge in [0, 0.05) is 50.0 Å². The second kappa shape index (κ2) is 12.7. The molecular formula is C22H29ClIN5O2. The van der Waals surface area contributed by atoms with Gasteiger partial charge in [-0.15, -0.1) is 24.0 Å². The fourth-order valence-electron chi connectivity index (χ4n) is 3.28. The number of benzene rings is 2. The second-order valence-corrected chi connectivity index (χ2v) is 7.59. The highest BCUT2D eigenvalue weighted by molar-refractivity contribution is 14.0. The molecule has 2 aromatic rings. The third kappa shape index (κ3) is 8.19. The van der Waals surface area contributed by atoms with Crippen LogP contribution in [-0.4, -0.2) is 66.0 Å². The second-order valence-electron chi connectivity index (χ2n) is 7.15. The molecule has 2 aromatic carbocycles. The number of aromatic hydroxyl groups is 1. The first-order chi connectivity index (χ1) is 14.5. The van der Waals surface area contributed by atoms with Crippen LogP contribution >= 0.6 is 35.6 Å². The van der Waals surface area contributed by atoms with E-state index in [0.717, 1.165) is 50.3 Å². The molecule has 1 heterocycles. The lowest BCUT2D eigenvalue weighted by Gasteiger charge is -2.36. The van der Waals surface area contributed by atoms with Gasteiger partial charge < -0.3 is 20.6 Å². The lowest BCUT2D eigenvalue weighted by atomic mass is 10.2. The molecule has 0 unspecified atom stereocenters. The van der Waals surface area contributed by atoms with Crippen molar-refractivity contribution in [3.05, 3.63) is 59.1 Å². The first-order valence-electron chi connectivity index (χ1n) is 10.1. The average molecular weight is 558 g/mol. The maximum atomic E-state index is 12.2. The highest BCUT2D eigenvalue weighted by Gasteiger charge is 2.20. The van der Waals surface area contributed by atoms with Crippen LogP contribution in [0.3, 0.4) is 0 Å². The number of phenols is 1. The van der Waals surface area contributed by atoms with Crippen LogP contribution in [-0.2, 0) is 11.3 Å². The molecular weight excluding hydrogens is 529 g/mol. The number of hydrogen-bond acceptors (Lipinski definition) is 4. The van der Waals surface area contributed by atoms with Gasteiger partial charge in [0.25, 0.3) is 0 Å². The summed E-state index contributed by atoms with van der Waals surface area (Å²) in [6.45, 7) is 7.23. The number of halogens is 2. The molecule has 168 valence electrons. The Hall–Kier alpha value is -2.04. The summed E-state index contributed by atoms with van der Waals surface area (Å²) in [4.78, 5) is 21.3. The van der Waals surface area contributed by atoms with Gasteiger partial charge in [0.15, 0.2) is 5.96 Å². The van der Waals surface area contributed by atoms with Crippen LogP contribution in [0.5, 0.6) is 5.75 Å². The van der Waals surface area contributed by atoms with Crippen molar-refractivity contribution in [2.45, 2.75) is 13.5 Å². The number of rotatable bonds is 6. The molecule has 3 N–H and O–H groups in total. The van der Waals surface area contributed by atoms with E-state index >= 15 is 0 Å². The molecule has 7 nitrogen and oxygen atoms in total. The van der Waals surface area contributed by atoms with Gasteiger partial charge in [0.2, 0.25) is 5.91 Å². The SMILES string of the molecule is CCNC(=NCC(=O)Nc1ccc(O)cc1)N1CCN(Cc2ccc(Cl)cc2)CC1.I. The van der Waals surface area contributed by atoms with E-state index < -0.39 is 0 Å². The molecule has 0 atom stereocenters. The standard InChI is InChI=1S/C22H28ClN5O2.HI/c1-2-24-22(25-15-21(30)26-19-7-9-20(29)10-8-19)28-13-11-27(12-14-28)16-17-3-5-18(23)6-4-17;/h3-10,29H,2,11-16H2,1H3,(H,24,25)(H,26,30);1H. The van der Waals surface area contributed by atoms with Crippen LogP contribution in [0.1, 0.15) is 12.5 Å². The predicted molar refractivity (Wildman–Crippen MR) is 136 cm³/mol. The van der Waals surface area contributed by atoms with Crippen molar-refractivity contribution in [1.82, 2.24) is 15.1 Å². The molecule has 9 heteroatoms. The number of amides is 1. The maximum Gasteiger partial charge on any atom is 0.246 e. The van der Waals surface area contributed by atoms with Gasteiger partial charge in [-0.2, -0.15) is 0 Å². The monoisotopic (exact) mass is 557 g/mol. The van der Waals surface area contributed by atoms with Gasteiger partial charge in [0.05, 0.1) is 0 Å². The Morgan fingerprint density at radius 2 is 1.71 bits per heavy atom. The van der Waals surface area contributed by atoms with Crippen LogP contribution < -0.4 is 10.6 Å². The van der Waals surface area contributed by atoms with E-state index in [9.17, 15) is 9.90 Å². The van der Waals surface area contributed by atoms with E-state index in [2.05, 4.69) is 37.6 Å². The molecule has 0 saturated carbocycles. The number of phenolic OH excluding ortho intramolecular Hbond substituents is 1. The first kappa shape index (κ1) is 25.2. The minimum absolute atomic E-state index is 0. The molecule has 1 amide bonds. The largest absolute Gasteiger partial charge is 0.508 e. The predicted octanol–water partition coefficient (Wildman–Crippen LogP) is 3.39. The Balaban J connectivity index is 0.00000341. The van der Waals surface area contributed by atoms with Gasteiger partial charge >= 0.3 is 0 Å². The molecule has 0 spiro atoms. The summed E-state index contributed by atoms with van der Waals surface area (Å²) >= 11 is 5.96. The highest BCUT2D eigenvalue weighted by Crippen LogP contribution is 2.14. The van der Waals surface area contributed by atoms with E-state index in [1.54, 1.807) is 12.1 Å². The molecule has 0 radical (unpaired) electrons. The van der Waals surface area contributed by atoms with Crippen LogP contribution in [0.25, 0.3) is 0 Å². The van der Waals surface area contributed by atoms with Crippen molar-refractivity contribution in [1.29, 1.82) is 0 Å². The molecule has 0 aliphatic carbocycles. The lowest BCUT2D eigenvalue weighted by molar-refractivity contribution is -0.114. The first-order valence-corrected chi connectivity index (χ1v) is 10.5. The van der Waals surface area contributed by atoms with Gasteiger partial charge in [-0.1, -0.05) is 23.7 Å². The zero-order chi connectivity index (χ0) is 21.3. The van der Waals surface area contributed by atoms with Crippen molar-refractivity contribution in [3.63, 3.8) is 0 Å². The van der Waals surface area contributed by atoms with E-state index in [4.69, 9.17) is 11.6 Å². The van der Waals surface area contributed by atoms with E-state index in [-0.39, 0.29) is 42.2 Å². The van der Waals surface area contributed by atoms with Crippen molar-refractivity contribution < 1.29 is 9.90 Å². The minimum Gasteiger partial charge on any atom is -0.508 e. The lowest BCUT2D eigenvalue weighted by Crippen LogP contribution is -2.52. The fourth-order valence-corrected chi connectivity index (χ4v) is 3.41. The van der Waals surface area contributed by atoms with E-state index in [1.165, 1.54) is 17.7 Å². The van der Waals surface area contributed by atoms with E-state index in [0.29, 0.717) is 5.69 Å². The number of nitrogens with one attached hydrogen (secondary N) is 2. The number of piperazine rings is 1. The molecule has 0 bridgehead atoms. The summed E-state index contributed by atoms with van der Waals surface area (Å²) in [5.41, 5.74) is 1.88. The number of carbonyl (C=O) groups excluding carboxylic acids is 1. The zero-order valence-electron chi connectivity index (χ0n) is 17.6. The van der Waals surface area contributed by atoms with Crippen molar-refractivity contribution >= 4 is 53.1 Å². The van der Waals surface area contributed by atoms with Crippen molar-refractivity contribution in [3.8, 4) is 5.75 Å². The number of nitrogens with zero attached hydrogens (tertiary/aromatic N) is 3. The summed E-state index contributed by atoms with van der Waals surface area (Å²) in [6.07, 6.45) is 0. The number of carbonyl (C=O) groups is 1.